The number of hydrogen-bond donors (Lipinski definition) is 2. The zero-order chi connectivity index (χ0) is 61.0. The van der Waals surface area contributed by atoms with Crippen molar-refractivity contribution in [3.05, 3.63) is 192 Å². The van der Waals surface area contributed by atoms with E-state index < -0.39 is 10.0 Å². The molecule has 0 atom stereocenters. The highest BCUT2D eigenvalue weighted by molar-refractivity contribution is 7.92. The summed E-state index contributed by atoms with van der Waals surface area (Å²) in [6, 6.07) is 45.3. The van der Waals surface area contributed by atoms with Gasteiger partial charge in [0.05, 0.1) is 4.90 Å². The van der Waals surface area contributed by atoms with E-state index >= 15 is 0 Å². The first-order valence-electron chi connectivity index (χ1n) is 29.7. The molecule has 4 heterocycles. The lowest BCUT2D eigenvalue weighted by molar-refractivity contribution is -0.106. The average Bonchev–Trinajstić information content (AvgIpc) is 3.86. The highest BCUT2D eigenvalue weighted by Gasteiger charge is 2.22. The summed E-state index contributed by atoms with van der Waals surface area (Å²) in [5.74, 6) is 4.51. The number of carbonyl (C=O) groups is 1. The molecule has 0 amide bonds. The fraction of sp³-hybridized carbons (Fsp3) is 0.384. The Morgan fingerprint density at radius 1 is 0.398 bits per heavy atom. The van der Waals surface area contributed by atoms with Crippen molar-refractivity contribution in [1.29, 1.82) is 0 Å². The molecule has 0 aliphatic carbocycles. The highest BCUT2D eigenvalue weighted by atomic mass is 32.2. The Balaban J connectivity index is 0.000000178. The molecule has 0 unspecified atom stereocenters. The van der Waals surface area contributed by atoms with Crippen molar-refractivity contribution in [1.82, 2.24) is 0 Å². The van der Waals surface area contributed by atoms with Gasteiger partial charge in [-0.05, 0) is 184 Å². The molecule has 2 N–H and O–H groups in total. The van der Waals surface area contributed by atoms with Gasteiger partial charge in [0.25, 0.3) is 10.0 Å². The number of carbonyl (C=O) groups excluding carboxylic acids is 1. The Bertz CT molecular complexity index is 3810. The second-order valence-electron chi connectivity index (χ2n) is 24.2. The van der Waals surface area contributed by atoms with Crippen LogP contribution in [0.2, 0.25) is 0 Å². The van der Waals surface area contributed by atoms with Crippen molar-refractivity contribution in [2.45, 2.75) is 190 Å². The first-order chi connectivity index (χ1) is 39.3. The molecular formula is C73H92N2O3S5. The largest absolute Gasteiger partial charge is 0.381 e. The van der Waals surface area contributed by atoms with Crippen molar-refractivity contribution < 1.29 is 13.2 Å². The number of sulfonamides is 1. The molecule has 0 saturated heterocycles. The van der Waals surface area contributed by atoms with Gasteiger partial charge in [-0.3, -0.25) is 4.72 Å². The average molecular weight is 1210 g/mol. The van der Waals surface area contributed by atoms with Crippen molar-refractivity contribution >= 4 is 113 Å². The van der Waals surface area contributed by atoms with Crippen LogP contribution in [0.3, 0.4) is 0 Å². The maximum Gasteiger partial charge on any atom is 0.261 e. The van der Waals surface area contributed by atoms with E-state index in [9.17, 15) is 8.42 Å². The minimum absolute atomic E-state index is 0.271. The third kappa shape index (κ3) is 16.8. The number of aldehydes is 1. The molecule has 6 aromatic carbocycles. The molecule has 0 bridgehead atoms. The Morgan fingerprint density at radius 2 is 0.747 bits per heavy atom. The lowest BCUT2D eigenvalue weighted by atomic mass is 9.95. The lowest BCUT2D eigenvalue weighted by Crippen LogP contribution is -2.12. The van der Waals surface area contributed by atoms with Gasteiger partial charge in [0, 0.05) is 56.2 Å². The first-order valence-corrected chi connectivity index (χ1v) is 34.5. The van der Waals surface area contributed by atoms with Gasteiger partial charge in [0.1, 0.15) is 6.29 Å². The van der Waals surface area contributed by atoms with Crippen molar-refractivity contribution in [2.75, 3.05) is 10.0 Å². The molecule has 0 spiro atoms. The molecular weight excluding hydrogens is 1110 g/mol. The molecule has 83 heavy (non-hydrogen) atoms. The molecule has 10 aromatic rings. The number of hydrogen-bond acceptors (Lipinski definition) is 8. The lowest BCUT2D eigenvalue weighted by Gasteiger charge is -2.12. The van der Waals surface area contributed by atoms with Crippen LogP contribution in [-0.4, -0.2) is 14.7 Å². The highest BCUT2D eigenvalue weighted by Crippen LogP contribution is 2.44. The molecule has 10 heteroatoms. The normalized spacial score (nSPS) is 11.7. The summed E-state index contributed by atoms with van der Waals surface area (Å²) < 4.78 is 33.3. The quantitative estimate of drug-likeness (QED) is 0.106. The third-order valence-electron chi connectivity index (χ3n) is 14.4. The van der Waals surface area contributed by atoms with Crippen LogP contribution in [0.5, 0.6) is 0 Å². The molecule has 0 aliphatic rings. The standard InChI is InChI=1S/C21H25NS.C20H23NO2S2.2C15H20S.C2H4O/c1-14(2)20-18-12-17(22-13-16-8-6-5-7-9-16)10-11-19(18)23-21(20)15(3)4;1-13(2)19-17-12-15(10-11-18(17)24-20(19)14(3)4)21-25(22,23)16-8-6-5-7-9-16;1-9(2)14-12-8-11(5)6-7-13(12)16-15(14)10(3)4;1-9(2)14-12-7-6-11(5)8-13(12)16-15(14)10(3)4;1-2-3/h5-12,14-15,22H,13H2,1-4H3;5-14,21H,1-4H3;2*6-10H,1-5H3;2H,1H3. The minimum Gasteiger partial charge on any atom is -0.381 e. The second kappa shape index (κ2) is 29.9. The zero-order valence-electron chi connectivity index (χ0n) is 52.9. The van der Waals surface area contributed by atoms with Gasteiger partial charge in [-0.15, -0.1) is 45.3 Å². The van der Waals surface area contributed by atoms with Gasteiger partial charge in [-0.25, -0.2) is 8.42 Å². The van der Waals surface area contributed by atoms with Crippen molar-refractivity contribution in [2.24, 2.45) is 0 Å². The van der Waals surface area contributed by atoms with Crippen LogP contribution in [0.15, 0.2) is 138 Å². The predicted molar refractivity (Wildman–Crippen MR) is 372 cm³/mol. The van der Waals surface area contributed by atoms with Crippen LogP contribution in [0.25, 0.3) is 40.3 Å². The second-order valence-corrected chi connectivity index (χ2v) is 30.2. The van der Waals surface area contributed by atoms with Crippen LogP contribution in [0, 0.1) is 13.8 Å². The molecule has 442 valence electrons. The molecule has 0 fully saturated rings. The Kier molecular flexibility index (Phi) is 24.0. The summed E-state index contributed by atoms with van der Waals surface area (Å²) in [6.45, 7) is 43.0. The number of benzene rings is 6. The van der Waals surface area contributed by atoms with Crippen LogP contribution >= 0.6 is 45.3 Å². The van der Waals surface area contributed by atoms with Crippen LogP contribution in [0.4, 0.5) is 11.4 Å². The molecule has 10 rings (SSSR count). The Hall–Kier alpha value is -5.62. The van der Waals surface area contributed by atoms with Crippen LogP contribution < -0.4 is 10.0 Å². The maximum absolute atomic E-state index is 12.6. The Morgan fingerprint density at radius 3 is 1.18 bits per heavy atom. The minimum atomic E-state index is -3.57. The first kappa shape index (κ1) is 66.5. The van der Waals surface area contributed by atoms with Gasteiger partial charge in [0.15, 0.2) is 0 Å². The number of anilines is 2. The summed E-state index contributed by atoms with van der Waals surface area (Å²) in [7, 11) is -3.57. The van der Waals surface area contributed by atoms with E-state index in [1.807, 2.05) is 52.2 Å². The van der Waals surface area contributed by atoms with E-state index in [2.05, 4.69) is 220 Å². The van der Waals surface area contributed by atoms with E-state index in [0.717, 1.165) is 18.2 Å². The summed E-state index contributed by atoms with van der Waals surface area (Å²) >= 11 is 7.71. The van der Waals surface area contributed by atoms with Gasteiger partial charge < -0.3 is 10.1 Å². The van der Waals surface area contributed by atoms with E-state index in [0.29, 0.717) is 53.0 Å². The van der Waals surface area contributed by atoms with E-state index in [4.69, 9.17) is 4.79 Å². The van der Waals surface area contributed by atoms with E-state index in [1.165, 1.54) is 85.1 Å². The number of nitrogens with one attached hydrogen (secondary N) is 2. The zero-order valence-corrected chi connectivity index (χ0v) is 57.0. The number of aryl methyl sites for hydroxylation is 2. The molecule has 0 aliphatic heterocycles. The van der Waals surface area contributed by atoms with Crippen LogP contribution in [0.1, 0.15) is 223 Å². The van der Waals surface area contributed by atoms with Gasteiger partial charge in [0.2, 0.25) is 0 Å². The molecule has 5 nitrogen and oxygen atoms in total. The third-order valence-corrected chi connectivity index (χ3v) is 21.7. The Labute approximate surface area is 515 Å². The number of fused-ring (bicyclic) bond motifs is 4. The van der Waals surface area contributed by atoms with Crippen molar-refractivity contribution in [3.63, 3.8) is 0 Å². The van der Waals surface area contributed by atoms with Gasteiger partial charge in [-0.2, -0.15) is 0 Å². The van der Waals surface area contributed by atoms with Gasteiger partial charge in [-0.1, -0.05) is 189 Å². The fourth-order valence-electron chi connectivity index (χ4n) is 10.6. The molecule has 4 aromatic heterocycles. The number of thiophene rings is 4. The molecule has 0 radical (unpaired) electrons. The van der Waals surface area contributed by atoms with Gasteiger partial charge >= 0.3 is 0 Å². The topological polar surface area (TPSA) is 75.3 Å². The summed E-state index contributed by atoms with van der Waals surface area (Å²) in [5, 5.41) is 9.08. The fourth-order valence-corrected chi connectivity index (χ4v) is 17.2. The predicted octanol–water partition coefficient (Wildman–Crippen LogP) is 23.8. The summed E-state index contributed by atoms with van der Waals surface area (Å²) in [4.78, 5) is 15.1. The summed E-state index contributed by atoms with van der Waals surface area (Å²) in [6.07, 6.45) is 0.750. The monoisotopic (exact) mass is 1200 g/mol. The van der Waals surface area contributed by atoms with E-state index in [1.54, 1.807) is 62.5 Å². The maximum atomic E-state index is 12.6. The summed E-state index contributed by atoms with van der Waals surface area (Å²) in [5.41, 5.74) is 11.8. The molecule has 0 saturated carbocycles. The van der Waals surface area contributed by atoms with E-state index in [-0.39, 0.29) is 4.90 Å². The SMILES string of the molecule is CC(C)c1sc2ccc(NCc3ccccc3)cc2c1C(C)C.CC(C)c1sc2ccc(NS(=O)(=O)c3ccccc3)cc2c1C(C)C.CC=O.Cc1ccc2c(C(C)C)c(C(C)C)sc2c1.Cc1ccc2sc(C(C)C)c(C(C)C)c2c1. The number of rotatable bonds is 14. The van der Waals surface area contributed by atoms with Crippen LogP contribution in [-0.2, 0) is 21.4 Å². The smallest absolute Gasteiger partial charge is 0.261 e. The van der Waals surface area contributed by atoms with Crippen molar-refractivity contribution in [3.8, 4) is 0 Å².